The molecule has 0 radical (unpaired) electrons. The van der Waals surface area contributed by atoms with Gasteiger partial charge < -0.3 is 16.0 Å². The lowest BCUT2D eigenvalue weighted by atomic mass is 9.88. The predicted molar refractivity (Wildman–Crippen MR) is 126 cm³/mol. The fourth-order valence-electron chi connectivity index (χ4n) is 3.58. The van der Waals surface area contributed by atoms with E-state index in [0.29, 0.717) is 22.8 Å². The van der Waals surface area contributed by atoms with Gasteiger partial charge in [0, 0.05) is 28.7 Å². The summed E-state index contributed by atoms with van der Waals surface area (Å²) in [6, 6.07) is 14.8. The molecule has 158 valence electrons. The van der Waals surface area contributed by atoms with Crippen molar-refractivity contribution >= 4 is 52.1 Å². The van der Waals surface area contributed by atoms with Crippen molar-refractivity contribution in [2.24, 2.45) is 5.92 Å². The molecule has 2 amide bonds. The van der Waals surface area contributed by atoms with Crippen molar-refractivity contribution in [2.75, 3.05) is 10.6 Å². The number of hydrogen-bond donors (Lipinski definition) is 3. The monoisotopic (exact) mass is 443 g/mol. The van der Waals surface area contributed by atoms with Crippen LogP contribution >= 0.6 is 23.8 Å². The molecule has 3 rings (SSSR count). The summed E-state index contributed by atoms with van der Waals surface area (Å²) in [5.41, 5.74) is 2.34. The van der Waals surface area contributed by atoms with Gasteiger partial charge in [0.1, 0.15) is 0 Å². The normalized spacial score (nSPS) is 14.0. The van der Waals surface area contributed by atoms with Crippen LogP contribution in [-0.4, -0.2) is 16.9 Å². The molecule has 0 spiro atoms. The molecule has 2 aromatic carbocycles. The van der Waals surface area contributed by atoms with Gasteiger partial charge in [-0.3, -0.25) is 9.59 Å². The van der Waals surface area contributed by atoms with E-state index in [1.54, 1.807) is 6.07 Å². The van der Waals surface area contributed by atoms with Crippen molar-refractivity contribution in [1.29, 1.82) is 0 Å². The minimum absolute atomic E-state index is 0.0716. The van der Waals surface area contributed by atoms with Gasteiger partial charge in [-0.05, 0) is 61.3 Å². The van der Waals surface area contributed by atoms with E-state index in [4.69, 9.17) is 23.8 Å². The van der Waals surface area contributed by atoms with Crippen LogP contribution in [0.5, 0.6) is 0 Å². The zero-order valence-corrected chi connectivity index (χ0v) is 18.3. The number of anilines is 2. The zero-order chi connectivity index (χ0) is 21.3. The lowest BCUT2D eigenvalue weighted by molar-refractivity contribution is -0.121. The van der Waals surface area contributed by atoms with Gasteiger partial charge in [0.25, 0.3) is 0 Å². The molecule has 30 heavy (non-hydrogen) atoms. The number of hydrogen-bond acceptors (Lipinski definition) is 3. The molecule has 0 unspecified atom stereocenters. The summed E-state index contributed by atoms with van der Waals surface area (Å²) in [6.45, 7) is 0. The number of thiocarbonyl (C=S) groups is 1. The molecular weight excluding hydrogens is 418 g/mol. The number of rotatable bonds is 6. The Morgan fingerprint density at radius 1 is 0.967 bits per heavy atom. The lowest BCUT2D eigenvalue weighted by Crippen LogP contribution is -2.34. The van der Waals surface area contributed by atoms with Gasteiger partial charge in [0.2, 0.25) is 11.8 Å². The van der Waals surface area contributed by atoms with Gasteiger partial charge in [0.15, 0.2) is 5.11 Å². The highest BCUT2D eigenvalue weighted by Crippen LogP contribution is 2.25. The first-order valence-corrected chi connectivity index (χ1v) is 11.0. The first-order valence-electron chi connectivity index (χ1n) is 10.3. The molecule has 0 bridgehead atoms. The van der Waals surface area contributed by atoms with Crippen LogP contribution in [0.1, 0.15) is 44.1 Å². The predicted octanol–water partition coefficient (Wildman–Crippen LogP) is 5.30. The van der Waals surface area contributed by atoms with Gasteiger partial charge >= 0.3 is 0 Å². The van der Waals surface area contributed by atoms with Crippen molar-refractivity contribution in [1.82, 2.24) is 5.32 Å². The number of amides is 2. The Morgan fingerprint density at radius 3 is 2.40 bits per heavy atom. The van der Waals surface area contributed by atoms with E-state index in [1.165, 1.54) is 6.42 Å². The van der Waals surface area contributed by atoms with Gasteiger partial charge in [0.05, 0.1) is 0 Å². The molecule has 0 aromatic heterocycles. The standard InChI is InChI=1S/C23H26ClN3O2S/c24-20-12-5-4-7-16(20)13-14-21(28)27-23(30)26-19-11-6-10-18(15-19)25-22(29)17-8-2-1-3-9-17/h4-7,10-12,15,17H,1-3,8-9,13-14H2,(H,25,29)(H2,26,27,28,30). The molecule has 0 saturated heterocycles. The maximum Gasteiger partial charge on any atom is 0.227 e. The minimum atomic E-state index is -0.186. The van der Waals surface area contributed by atoms with E-state index in [1.807, 2.05) is 42.5 Å². The minimum Gasteiger partial charge on any atom is -0.332 e. The summed E-state index contributed by atoms with van der Waals surface area (Å²) in [4.78, 5) is 24.6. The van der Waals surface area contributed by atoms with Crippen LogP contribution in [0.15, 0.2) is 48.5 Å². The van der Waals surface area contributed by atoms with Crippen molar-refractivity contribution in [2.45, 2.75) is 44.9 Å². The number of carbonyl (C=O) groups excluding carboxylic acids is 2. The van der Waals surface area contributed by atoms with E-state index in [0.717, 1.165) is 31.2 Å². The Balaban J connectivity index is 1.47. The van der Waals surface area contributed by atoms with Crippen LogP contribution < -0.4 is 16.0 Å². The second-order valence-corrected chi connectivity index (χ2v) is 8.31. The molecule has 0 heterocycles. The summed E-state index contributed by atoms with van der Waals surface area (Å²) in [6.07, 6.45) is 6.17. The van der Waals surface area contributed by atoms with Crippen LogP contribution in [0, 0.1) is 5.92 Å². The third kappa shape index (κ3) is 6.82. The molecular formula is C23H26ClN3O2S. The van der Waals surface area contributed by atoms with Crippen molar-refractivity contribution in [3.63, 3.8) is 0 Å². The average Bonchev–Trinajstić information content (AvgIpc) is 2.74. The molecule has 2 aromatic rings. The Bertz CT molecular complexity index is 913. The summed E-state index contributed by atoms with van der Waals surface area (Å²) >= 11 is 11.4. The van der Waals surface area contributed by atoms with Crippen LogP contribution in [0.2, 0.25) is 5.02 Å². The highest BCUT2D eigenvalue weighted by atomic mass is 35.5. The highest BCUT2D eigenvalue weighted by molar-refractivity contribution is 7.80. The summed E-state index contributed by atoms with van der Waals surface area (Å²) in [5.74, 6) is -0.0228. The van der Waals surface area contributed by atoms with E-state index in [9.17, 15) is 9.59 Å². The molecule has 1 fully saturated rings. The molecule has 1 aliphatic carbocycles. The van der Waals surface area contributed by atoms with Gasteiger partial charge in [-0.25, -0.2) is 0 Å². The molecule has 1 aliphatic rings. The molecule has 7 heteroatoms. The van der Waals surface area contributed by atoms with Crippen molar-refractivity contribution < 1.29 is 9.59 Å². The maximum atomic E-state index is 12.4. The van der Waals surface area contributed by atoms with E-state index in [-0.39, 0.29) is 29.3 Å². The largest absolute Gasteiger partial charge is 0.332 e. The molecule has 5 nitrogen and oxygen atoms in total. The van der Waals surface area contributed by atoms with Crippen LogP contribution in [0.3, 0.4) is 0 Å². The second kappa shape index (κ2) is 11.1. The fourth-order valence-corrected chi connectivity index (χ4v) is 4.05. The summed E-state index contributed by atoms with van der Waals surface area (Å²) in [7, 11) is 0. The molecule has 0 atom stereocenters. The Kier molecular flexibility index (Phi) is 8.22. The lowest BCUT2D eigenvalue weighted by Gasteiger charge is -2.21. The fraction of sp³-hybridized carbons (Fsp3) is 0.348. The van der Waals surface area contributed by atoms with Crippen LogP contribution in [-0.2, 0) is 16.0 Å². The Labute approximate surface area is 187 Å². The maximum absolute atomic E-state index is 12.4. The quantitative estimate of drug-likeness (QED) is 0.529. The third-order valence-electron chi connectivity index (χ3n) is 5.20. The number of aryl methyl sites for hydroxylation is 1. The number of carbonyl (C=O) groups is 2. The van der Waals surface area contributed by atoms with Gasteiger partial charge in [-0.2, -0.15) is 0 Å². The number of benzene rings is 2. The first kappa shape index (κ1) is 22.2. The van der Waals surface area contributed by atoms with E-state index >= 15 is 0 Å². The topological polar surface area (TPSA) is 70.2 Å². The summed E-state index contributed by atoms with van der Waals surface area (Å²) in [5, 5.41) is 9.53. The summed E-state index contributed by atoms with van der Waals surface area (Å²) < 4.78 is 0. The van der Waals surface area contributed by atoms with Gasteiger partial charge in [-0.1, -0.05) is 55.1 Å². The van der Waals surface area contributed by atoms with Crippen LogP contribution in [0.4, 0.5) is 11.4 Å². The number of halogens is 1. The zero-order valence-electron chi connectivity index (χ0n) is 16.7. The van der Waals surface area contributed by atoms with E-state index in [2.05, 4.69) is 16.0 Å². The second-order valence-electron chi connectivity index (χ2n) is 7.50. The highest BCUT2D eigenvalue weighted by Gasteiger charge is 2.21. The Morgan fingerprint density at radius 2 is 1.67 bits per heavy atom. The first-order chi connectivity index (χ1) is 14.5. The van der Waals surface area contributed by atoms with Gasteiger partial charge in [-0.15, -0.1) is 0 Å². The Hall–Kier alpha value is -2.44. The van der Waals surface area contributed by atoms with Crippen molar-refractivity contribution in [3.8, 4) is 0 Å². The molecule has 0 aliphatic heterocycles. The number of nitrogens with one attached hydrogen (secondary N) is 3. The molecule has 3 N–H and O–H groups in total. The van der Waals surface area contributed by atoms with Crippen molar-refractivity contribution in [3.05, 3.63) is 59.1 Å². The SMILES string of the molecule is O=C(CCc1ccccc1Cl)NC(=S)Nc1cccc(NC(=O)C2CCCCC2)c1. The van der Waals surface area contributed by atoms with E-state index < -0.39 is 0 Å². The van der Waals surface area contributed by atoms with Crippen LogP contribution in [0.25, 0.3) is 0 Å². The third-order valence-corrected chi connectivity index (χ3v) is 5.77. The average molecular weight is 444 g/mol. The molecule has 1 saturated carbocycles. The smallest absolute Gasteiger partial charge is 0.227 e.